The van der Waals surface area contributed by atoms with Crippen LogP contribution in [0.25, 0.3) is 0 Å². The molecular weight excluding hydrogens is 272 g/mol. The molecular formula is C14H24N4O3. The maximum Gasteiger partial charge on any atom is 0.254 e. The number of carbonyl (C=O) groups is 1. The van der Waals surface area contributed by atoms with Crippen LogP contribution in [0.2, 0.25) is 0 Å². The van der Waals surface area contributed by atoms with E-state index in [0.29, 0.717) is 31.9 Å². The molecule has 0 saturated carbocycles. The molecule has 1 aromatic rings. The summed E-state index contributed by atoms with van der Waals surface area (Å²) in [5.74, 6) is -0.130. The van der Waals surface area contributed by atoms with Gasteiger partial charge in [0.25, 0.3) is 5.91 Å². The third-order valence-electron chi connectivity index (χ3n) is 3.99. The number of methoxy groups -OCH3 is 1. The Kier molecular flexibility index (Phi) is 5.33. The first-order chi connectivity index (χ1) is 10.1. The smallest absolute Gasteiger partial charge is 0.254 e. The van der Waals surface area contributed by atoms with E-state index in [1.807, 2.05) is 11.6 Å². The highest BCUT2D eigenvalue weighted by molar-refractivity contribution is 5.95. The number of nitrogens with two attached hydrogens (primary N) is 1. The standard InChI is InChI=1S/C14H24N4O3/c1-11-12(8-17-18(11)6-3-5-15)13(19)16-9-14(20-2)4-7-21-10-14/h8H,3-7,9-10,15H2,1-2H3,(H,16,19). The first kappa shape index (κ1) is 15.9. The fraction of sp³-hybridized carbons (Fsp3) is 0.714. The van der Waals surface area contributed by atoms with Gasteiger partial charge in [0.2, 0.25) is 0 Å². The number of nitrogens with zero attached hydrogens (tertiary/aromatic N) is 2. The van der Waals surface area contributed by atoms with E-state index in [9.17, 15) is 4.79 Å². The van der Waals surface area contributed by atoms with Crippen LogP contribution in [0, 0.1) is 6.92 Å². The molecule has 1 amide bonds. The second-order valence-electron chi connectivity index (χ2n) is 5.38. The van der Waals surface area contributed by atoms with E-state index >= 15 is 0 Å². The van der Waals surface area contributed by atoms with Crippen LogP contribution in [-0.4, -0.2) is 54.7 Å². The zero-order valence-electron chi connectivity index (χ0n) is 12.7. The van der Waals surface area contributed by atoms with Crippen LogP contribution in [0.15, 0.2) is 6.20 Å². The van der Waals surface area contributed by atoms with E-state index in [-0.39, 0.29) is 5.91 Å². The number of aromatic nitrogens is 2. The van der Waals surface area contributed by atoms with Crippen LogP contribution in [0.5, 0.6) is 0 Å². The minimum atomic E-state index is -0.404. The van der Waals surface area contributed by atoms with Crippen molar-refractivity contribution in [2.45, 2.75) is 31.9 Å². The van der Waals surface area contributed by atoms with Crippen LogP contribution < -0.4 is 11.1 Å². The molecule has 0 aromatic carbocycles. The lowest BCUT2D eigenvalue weighted by Crippen LogP contribution is -2.45. The molecule has 3 N–H and O–H groups in total. The molecule has 1 fully saturated rings. The predicted octanol–water partition coefficient (Wildman–Crippen LogP) is 0.0756. The first-order valence-electron chi connectivity index (χ1n) is 7.25. The summed E-state index contributed by atoms with van der Waals surface area (Å²) >= 11 is 0. The Morgan fingerprint density at radius 2 is 2.48 bits per heavy atom. The van der Waals surface area contributed by atoms with E-state index in [1.165, 1.54) is 0 Å². The molecule has 1 unspecified atom stereocenters. The Bertz CT molecular complexity index is 481. The third kappa shape index (κ3) is 3.61. The Morgan fingerprint density at radius 3 is 3.10 bits per heavy atom. The molecule has 1 saturated heterocycles. The number of hydrogen-bond acceptors (Lipinski definition) is 5. The van der Waals surface area contributed by atoms with Crippen molar-refractivity contribution in [3.05, 3.63) is 17.5 Å². The van der Waals surface area contributed by atoms with Gasteiger partial charge in [0.15, 0.2) is 0 Å². The van der Waals surface area contributed by atoms with Crippen molar-refractivity contribution in [2.75, 3.05) is 33.4 Å². The van der Waals surface area contributed by atoms with Crippen LogP contribution in [0.1, 0.15) is 28.9 Å². The number of hydrogen-bond donors (Lipinski definition) is 2. The van der Waals surface area contributed by atoms with Gasteiger partial charge < -0.3 is 20.5 Å². The highest BCUT2D eigenvalue weighted by Gasteiger charge is 2.35. The summed E-state index contributed by atoms with van der Waals surface area (Å²) in [6, 6.07) is 0. The fourth-order valence-corrected chi connectivity index (χ4v) is 2.43. The lowest BCUT2D eigenvalue weighted by Gasteiger charge is -2.25. The Hall–Kier alpha value is -1.44. The van der Waals surface area contributed by atoms with Crippen LogP contribution in [0.3, 0.4) is 0 Å². The number of ether oxygens (including phenoxy) is 2. The number of amides is 1. The summed E-state index contributed by atoms with van der Waals surface area (Å²) in [5.41, 5.74) is 6.54. The molecule has 7 heteroatoms. The van der Waals surface area contributed by atoms with Crippen molar-refractivity contribution in [1.29, 1.82) is 0 Å². The summed E-state index contributed by atoms with van der Waals surface area (Å²) in [6.45, 7) is 4.85. The molecule has 21 heavy (non-hydrogen) atoms. The first-order valence-corrected chi connectivity index (χ1v) is 7.25. The van der Waals surface area contributed by atoms with Crippen molar-refractivity contribution in [2.24, 2.45) is 5.73 Å². The average Bonchev–Trinajstić information content (AvgIpc) is 3.10. The molecule has 1 aliphatic heterocycles. The van der Waals surface area contributed by atoms with E-state index < -0.39 is 5.60 Å². The lowest BCUT2D eigenvalue weighted by atomic mass is 10.0. The molecule has 2 rings (SSSR count). The van der Waals surface area contributed by atoms with Gasteiger partial charge in [0.05, 0.1) is 18.4 Å². The number of carbonyl (C=O) groups excluding carboxylic acids is 1. The SMILES string of the molecule is COC1(CNC(=O)c2cnn(CCCN)c2C)CCOC1. The van der Waals surface area contributed by atoms with Gasteiger partial charge in [-0.15, -0.1) is 0 Å². The fourth-order valence-electron chi connectivity index (χ4n) is 2.43. The second kappa shape index (κ2) is 7.02. The molecule has 0 radical (unpaired) electrons. The van der Waals surface area contributed by atoms with Gasteiger partial charge >= 0.3 is 0 Å². The highest BCUT2D eigenvalue weighted by Crippen LogP contribution is 2.21. The van der Waals surface area contributed by atoms with E-state index in [0.717, 1.165) is 25.1 Å². The largest absolute Gasteiger partial charge is 0.378 e. The van der Waals surface area contributed by atoms with Gasteiger partial charge in [0, 0.05) is 38.9 Å². The molecule has 0 aliphatic carbocycles. The molecule has 0 spiro atoms. The predicted molar refractivity (Wildman–Crippen MR) is 78.1 cm³/mol. The van der Waals surface area contributed by atoms with Gasteiger partial charge in [-0.05, 0) is 19.9 Å². The van der Waals surface area contributed by atoms with Gasteiger partial charge in [0.1, 0.15) is 5.60 Å². The summed E-state index contributed by atoms with van der Waals surface area (Å²) in [4.78, 5) is 12.3. The van der Waals surface area contributed by atoms with E-state index in [1.54, 1.807) is 13.3 Å². The minimum Gasteiger partial charge on any atom is -0.378 e. The van der Waals surface area contributed by atoms with Crippen molar-refractivity contribution in [3.63, 3.8) is 0 Å². The minimum absolute atomic E-state index is 0.130. The maximum absolute atomic E-state index is 12.3. The summed E-state index contributed by atoms with van der Waals surface area (Å²) < 4.78 is 12.7. The van der Waals surface area contributed by atoms with Crippen molar-refractivity contribution in [3.8, 4) is 0 Å². The van der Waals surface area contributed by atoms with Gasteiger partial charge in [-0.2, -0.15) is 5.10 Å². The Morgan fingerprint density at radius 1 is 1.67 bits per heavy atom. The van der Waals surface area contributed by atoms with Crippen molar-refractivity contribution >= 4 is 5.91 Å². The number of nitrogens with one attached hydrogen (secondary N) is 1. The molecule has 118 valence electrons. The van der Waals surface area contributed by atoms with Gasteiger partial charge in [-0.25, -0.2) is 0 Å². The molecule has 1 aromatic heterocycles. The second-order valence-corrected chi connectivity index (χ2v) is 5.38. The third-order valence-corrected chi connectivity index (χ3v) is 3.99. The van der Waals surface area contributed by atoms with Crippen LogP contribution >= 0.6 is 0 Å². The molecule has 1 atom stereocenters. The summed E-state index contributed by atoms with van der Waals surface area (Å²) in [6.07, 6.45) is 3.23. The van der Waals surface area contributed by atoms with Gasteiger partial charge in [-0.3, -0.25) is 9.48 Å². The Balaban J connectivity index is 1.95. The zero-order valence-corrected chi connectivity index (χ0v) is 12.7. The zero-order chi connectivity index (χ0) is 15.3. The average molecular weight is 296 g/mol. The van der Waals surface area contributed by atoms with Crippen molar-refractivity contribution < 1.29 is 14.3 Å². The molecule has 2 heterocycles. The summed E-state index contributed by atoms with van der Waals surface area (Å²) in [5, 5.41) is 7.16. The maximum atomic E-state index is 12.3. The lowest BCUT2D eigenvalue weighted by molar-refractivity contribution is -0.0148. The van der Waals surface area contributed by atoms with E-state index in [4.69, 9.17) is 15.2 Å². The molecule has 1 aliphatic rings. The van der Waals surface area contributed by atoms with Crippen molar-refractivity contribution in [1.82, 2.24) is 15.1 Å². The monoisotopic (exact) mass is 296 g/mol. The van der Waals surface area contributed by atoms with Crippen LogP contribution in [-0.2, 0) is 16.0 Å². The Labute approximate surface area is 124 Å². The summed E-state index contributed by atoms with van der Waals surface area (Å²) in [7, 11) is 1.65. The van der Waals surface area contributed by atoms with E-state index in [2.05, 4.69) is 10.4 Å². The number of rotatable bonds is 7. The quantitative estimate of drug-likeness (QED) is 0.743. The number of aryl methyl sites for hydroxylation is 1. The van der Waals surface area contributed by atoms with Crippen LogP contribution in [0.4, 0.5) is 0 Å². The topological polar surface area (TPSA) is 91.4 Å². The normalized spacial score (nSPS) is 21.7. The molecule has 0 bridgehead atoms. The molecule has 7 nitrogen and oxygen atoms in total. The highest BCUT2D eigenvalue weighted by atomic mass is 16.5. The van der Waals surface area contributed by atoms with Gasteiger partial charge in [-0.1, -0.05) is 0 Å².